The highest BCUT2D eigenvalue weighted by molar-refractivity contribution is 6.25. The molecule has 0 aliphatic heterocycles. The molecule has 3 aliphatic carbocycles. The van der Waals surface area contributed by atoms with Gasteiger partial charge in [0, 0.05) is 29.3 Å². The molecule has 0 aromatic heterocycles. The van der Waals surface area contributed by atoms with Crippen molar-refractivity contribution in [3.05, 3.63) is 52.0 Å². The first-order valence-electron chi connectivity index (χ1n) is 14.4. The topological polar surface area (TPSA) is 162 Å². The molecular formula is C32H42O9. The Labute approximate surface area is 240 Å². The number of aromatic hydroxyl groups is 1. The Morgan fingerprint density at radius 3 is 2.32 bits per heavy atom. The van der Waals surface area contributed by atoms with Gasteiger partial charge in [-0.3, -0.25) is 14.4 Å². The number of rotatable bonds is 9. The van der Waals surface area contributed by atoms with E-state index in [4.69, 9.17) is 4.74 Å². The van der Waals surface area contributed by atoms with E-state index in [0.717, 1.165) is 32.6 Å². The van der Waals surface area contributed by atoms with Crippen molar-refractivity contribution in [2.45, 2.75) is 84.8 Å². The number of phenolic OH excluding ortho intramolecular Hbond substituents is 1. The van der Waals surface area contributed by atoms with Crippen LogP contribution in [0.1, 0.15) is 89.1 Å². The van der Waals surface area contributed by atoms with E-state index in [1.807, 2.05) is 0 Å². The molecule has 0 saturated carbocycles. The molecule has 224 valence electrons. The second-order valence-electron chi connectivity index (χ2n) is 12.5. The maximum atomic E-state index is 14.1. The molecule has 4 rings (SSSR count). The van der Waals surface area contributed by atoms with Crippen molar-refractivity contribution >= 4 is 17.3 Å². The largest absolute Gasteiger partial charge is 0.511 e. The fourth-order valence-electron chi connectivity index (χ4n) is 7.84. The second-order valence-corrected chi connectivity index (χ2v) is 12.5. The van der Waals surface area contributed by atoms with Gasteiger partial charge in [0.1, 0.15) is 22.8 Å². The Hall–Kier alpha value is -3.01. The molecule has 0 heterocycles. The van der Waals surface area contributed by atoms with Crippen LogP contribution in [0.2, 0.25) is 0 Å². The minimum atomic E-state index is -2.91. The number of aliphatic hydroxyl groups is 4. The average molecular weight is 571 g/mol. The van der Waals surface area contributed by atoms with Crippen LogP contribution in [0.15, 0.2) is 40.9 Å². The number of ether oxygens (including phenoxy) is 1. The molecule has 41 heavy (non-hydrogen) atoms. The van der Waals surface area contributed by atoms with Gasteiger partial charge in [-0.25, -0.2) is 0 Å². The van der Waals surface area contributed by atoms with Crippen LogP contribution in [-0.2, 0) is 14.3 Å². The highest BCUT2D eigenvalue weighted by Gasteiger charge is 2.76. The summed E-state index contributed by atoms with van der Waals surface area (Å²) in [5, 5.41) is 58.5. The van der Waals surface area contributed by atoms with Crippen LogP contribution < -0.4 is 0 Å². The van der Waals surface area contributed by atoms with Crippen LogP contribution in [-0.4, -0.2) is 67.8 Å². The third-order valence-electron chi connectivity index (χ3n) is 9.86. The van der Waals surface area contributed by atoms with Gasteiger partial charge in [-0.1, -0.05) is 66.0 Å². The van der Waals surface area contributed by atoms with E-state index in [9.17, 15) is 39.9 Å². The molecule has 0 fully saturated rings. The number of carbonyl (C=O) groups excluding carboxylic acids is 3. The summed E-state index contributed by atoms with van der Waals surface area (Å²) in [7, 11) is 0. The lowest BCUT2D eigenvalue weighted by Crippen LogP contribution is -2.74. The number of hydrogen-bond acceptors (Lipinski definition) is 9. The first kappa shape index (κ1) is 30.9. The van der Waals surface area contributed by atoms with Crippen LogP contribution >= 0.6 is 0 Å². The summed E-state index contributed by atoms with van der Waals surface area (Å²) in [6, 6.07) is 4.56. The van der Waals surface area contributed by atoms with Gasteiger partial charge in [-0.2, -0.15) is 0 Å². The molecule has 6 atom stereocenters. The zero-order chi connectivity index (χ0) is 30.7. The molecule has 1 unspecified atom stereocenters. The van der Waals surface area contributed by atoms with Crippen LogP contribution in [0, 0.1) is 22.7 Å². The first-order valence-corrected chi connectivity index (χ1v) is 14.4. The SMILES string of the molecule is CCCCCCOC[C@@H]1c2cccc(O)c2C(=O)C2=C(O)[C@@]3(O)C(=O)C(C(C)=O)=C(O)C(C(C)C)[C@@]3(C)[C@H](O)[C@]21C. The predicted molar refractivity (Wildman–Crippen MR) is 151 cm³/mol. The summed E-state index contributed by atoms with van der Waals surface area (Å²) < 4.78 is 6.07. The third kappa shape index (κ3) is 4.03. The van der Waals surface area contributed by atoms with E-state index in [1.54, 1.807) is 32.9 Å². The molecule has 0 bridgehead atoms. The van der Waals surface area contributed by atoms with Gasteiger partial charge in [0.05, 0.1) is 23.8 Å². The number of carbonyl (C=O) groups is 3. The second kappa shape index (κ2) is 10.7. The van der Waals surface area contributed by atoms with Crippen molar-refractivity contribution in [2.24, 2.45) is 22.7 Å². The molecule has 1 aromatic carbocycles. The fourth-order valence-corrected chi connectivity index (χ4v) is 7.84. The Balaban J connectivity index is 2.01. The molecule has 0 saturated heterocycles. The van der Waals surface area contributed by atoms with E-state index in [0.29, 0.717) is 12.2 Å². The van der Waals surface area contributed by atoms with Crippen LogP contribution in [0.3, 0.4) is 0 Å². The highest BCUT2D eigenvalue weighted by atomic mass is 16.5. The Morgan fingerprint density at radius 1 is 1.07 bits per heavy atom. The zero-order valence-electron chi connectivity index (χ0n) is 24.7. The van der Waals surface area contributed by atoms with E-state index >= 15 is 0 Å². The standard InChI is InChI=1S/C32H42O9/c1-7-8-9-10-14-41-15-19-18-12-11-13-20(34)22(18)26(36)24-28(38)32(40)27(37)21(17(4)33)25(35)23(16(2)3)31(32,6)29(39)30(19,24)5/h11-13,16,19,23,29,34-35,38-40H,7-10,14-15H2,1-6H3/t19-,23?,29-,30+,31+,32+/m1/s1. The molecule has 3 aliphatic rings. The lowest BCUT2D eigenvalue weighted by molar-refractivity contribution is -0.213. The van der Waals surface area contributed by atoms with Crippen molar-refractivity contribution in [1.82, 2.24) is 0 Å². The van der Waals surface area contributed by atoms with Gasteiger partial charge in [0.25, 0.3) is 0 Å². The summed E-state index contributed by atoms with van der Waals surface area (Å²) in [5.41, 5.74) is -7.29. The highest BCUT2D eigenvalue weighted by Crippen LogP contribution is 2.67. The summed E-state index contributed by atoms with van der Waals surface area (Å²) in [5.74, 6) is -7.28. The monoisotopic (exact) mass is 570 g/mol. The summed E-state index contributed by atoms with van der Waals surface area (Å²) in [6.45, 7) is 9.98. The summed E-state index contributed by atoms with van der Waals surface area (Å²) in [4.78, 5) is 40.5. The number of benzene rings is 1. The Morgan fingerprint density at radius 2 is 1.73 bits per heavy atom. The maximum absolute atomic E-state index is 14.1. The third-order valence-corrected chi connectivity index (χ3v) is 9.86. The van der Waals surface area contributed by atoms with Crippen molar-refractivity contribution in [3.63, 3.8) is 0 Å². The number of ketones is 3. The van der Waals surface area contributed by atoms with Gasteiger partial charge >= 0.3 is 0 Å². The zero-order valence-corrected chi connectivity index (χ0v) is 24.7. The van der Waals surface area contributed by atoms with Crippen LogP contribution in [0.5, 0.6) is 5.75 Å². The molecule has 9 nitrogen and oxygen atoms in total. The number of unbranched alkanes of at least 4 members (excludes halogenated alkanes) is 3. The molecular weight excluding hydrogens is 528 g/mol. The minimum absolute atomic E-state index is 0.00944. The number of phenols is 1. The fraction of sp³-hybridized carbons (Fsp3) is 0.594. The molecule has 0 radical (unpaired) electrons. The van der Waals surface area contributed by atoms with Gasteiger partial charge in [0.15, 0.2) is 17.2 Å². The first-order chi connectivity index (χ1) is 19.1. The number of aliphatic hydroxyl groups excluding tert-OH is 3. The van der Waals surface area contributed by atoms with E-state index < -0.39 is 80.3 Å². The van der Waals surface area contributed by atoms with E-state index in [-0.39, 0.29) is 17.9 Å². The Bertz CT molecular complexity index is 1340. The predicted octanol–water partition coefficient (Wildman–Crippen LogP) is 4.46. The van der Waals surface area contributed by atoms with Crippen molar-refractivity contribution < 1.29 is 44.7 Å². The smallest absolute Gasteiger partial charge is 0.209 e. The molecule has 5 N–H and O–H groups in total. The van der Waals surface area contributed by atoms with E-state index in [1.165, 1.54) is 13.0 Å². The van der Waals surface area contributed by atoms with Crippen LogP contribution in [0.4, 0.5) is 0 Å². The molecule has 1 aromatic rings. The number of allylic oxidation sites excluding steroid dienone is 1. The minimum Gasteiger partial charge on any atom is -0.511 e. The molecule has 0 amide bonds. The summed E-state index contributed by atoms with van der Waals surface area (Å²) >= 11 is 0. The maximum Gasteiger partial charge on any atom is 0.209 e. The number of Topliss-reactive ketones (excluding diaryl/α,β-unsaturated/α-hetero) is 3. The number of hydrogen-bond donors (Lipinski definition) is 5. The molecule has 9 heteroatoms. The van der Waals surface area contributed by atoms with Gasteiger partial charge in [-0.15, -0.1) is 0 Å². The Kier molecular flexibility index (Phi) is 8.06. The van der Waals surface area contributed by atoms with Crippen molar-refractivity contribution in [3.8, 4) is 5.75 Å². The van der Waals surface area contributed by atoms with Crippen molar-refractivity contribution in [1.29, 1.82) is 0 Å². The van der Waals surface area contributed by atoms with Gasteiger partial charge < -0.3 is 30.3 Å². The van der Waals surface area contributed by atoms with E-state index in [2.05, 4.69) is 6.92 Å². The summed E-state index contributed by atoms with van der Waals surface area (Å²) in [6.07, 6.45) is 2.18. The lowest BCUT2D eigenvalue weighted by Gasteiger charge is -2.63. The van der Waals surface area contributed by atoms with Crippen molar-refractivity contribution in [2.75, 3.05) is 13.2 Å². The number of fused-ring (bicyclic) bond motifs is 3. The quantitative estimate of drug-likeness (QED) is 0.213. The van der Waals surface area contributed by atoms with Gasteiger partial charge in [0.2, 0.25) is 5.78 Å². The van der Waals surface area contributed by atoms with Crippen LogP contribution in [0.25, 0.3) is 0 Å². The molecule has 0 spiro atoms. The lowest BCUT2D eigenvalue weighted by atomic mass is 9.41. The average Bonchev–Trinajstić information content (AvgIpc) is 2.89. The van der Waals surface area contributed by atoms with Gasteiger partial charge in [-0.05, 0) is 30.9 Å². The normalized spacial score (nSPS) is 33.1.